The molecule has 0 saturated carbocycles. The highest BCUT2D eigenvalue weighted by Crippen LogP contribution is 2.24. The van der Waals surface area contributed by atoms with Crippen LogP contribution in [0.1, 0.15) is 12.8 Å². The molecule has 0 fully saturated rings. The number of hydrogen-bond acceptors (Lipinski definition) is 4. The fraction of sp³-hybridized carbons (Fsp3) is 0.273. The molecule has 0 radical (unpaired) electrons. The summed E-state index contributed by atoms with van der Waals surface area (Å²) in [6, 6.07) is 0. The smallest absolute Gasteiger partial charge is 0.224 e. The SMILES string of the molecule is COc1cnc(Cl)nc1NC1=CCCC=C1. The lowest BCUT2D eigenvalue weighted by Crippen LogP contribution is -2.04. The molecule has 0 atom stereocenters. The van der Waals surface area contributed by atoms with Crippen LogP contribution >= 0.6 is 11.6 Å². The molecule has 0 saturated heterocycles. The number of halogens is 1. The van der Waals surface area contributed by atoms with E-state index in [0.717, 1.165) is 18.5 Å². The molecule has 2 rings (SSSR count). The number of methoxy groups -OCH3 is 1. The van der Waals surface area contributed by atoms with Crippen molar-refractivity contribution in [1.29, 1.82) is 0 Å². The standard InChI is InChI=1S/C11H12ClN3O/c1-16-9-7-13-11(12)15-10(9)14-8-5-3-2-4-6-8/h3,5-7H,2,4H2,1H3,(H,13,14,15). The van der Waals surface area contributed by atoms with Crippen molar-refractivity contribution >= 4 is 17.4 Å². The Kier molecular flexibility index (Phi) is 3.41. The lowest BCUT2D eigenvalue weighted by atomic mass is 10.1. The topological polar surface area (TPSA) is 47.0 Å². The molecule has 0 aromatic carbocycles. The molecule has 16 heavy (non-hydrogen) atoms. The lowest BCUT2D eigenvalue weighted by molar-refractivity contribution is 0.413. The van der Waals surface area contributed by atoms with Gasteiger partial charge in [0, 0.05) is 5.70 Å². The highest BCUT2D eigenvalue weighted by Gasteiger charge is 2.07. The summed E-state index contributed by atoms with van der Waals surface area (Å²) in [5, 5.41) is 3.35. The number of rotatable bonds is 3. The molecule has 1 aromatic rings. The van der Waals surface area contributed by atoms with Crippen LogP contribution in [0, 0.1) is 0 Å². The molecule has 0 unspecified atom stereocenters. The molecule has 1 N–H and O–H groups in total. The molecule has 84 valence electrons. The van der Waals surface area contributed by atoms with Crippen molar-refractivity contribution in [1.82, 2.24) is 9.97 Å². The molecule has 0 bridgehead atoms. The van der Waals surface area contributed by atoms with Gasteiger partial charge in [0.2, 0.25) is 5.28 Å². The molecule has 1 heterocycles. The summed E-state index contributed by atoms with van der Waals surface area (Å²) in [6.07, 6.45) is 9.88. The van der Waals surface area contributed by atoms with Gasteiger partial charge >= 0.3 is 0 Å². The third-order valence-corrected chi connectivity index (χ3v) is 2.39. The zero-order valence-electron chi connectivity index (χ0n) is 8.90. The van der Waals surface area contributed by atoms with Crippen molar-refractivity contribution < 1.29 is 4.74 Å². The van der Waals surface area contributed by atoms with Crippen molar-refractivity contribution in [2.24, 2.45) is 0 Å². The van der Waals surface area contributed by atoms with E-state index in [1.807, 2.05) is 6.08 Å². The minimum Gasteiger partial charge on any atom is -0.491 e. The van der Waals surface area contributed by atoms with E-state index in [2.05, 4.69) is 27.4 Å². The Hall–Kier alpha value is -1.55. The number of anilines is 1. The largest absolute Gasteiger partial charge is 0.491 e. The summed E-state index contributed by atoms with van der Waals surface area (Å²) >= 11 is 5.74. The molecule has 0 aliphatic heterocycles. The van der Waals surface area contributed by atoms with E-state index in [1.165, 1.54) is 0 Å². The number of hydrogen-bond donors (Lipinski definition) is 1. The predicted octanol–water partition coefficient (Wildman–Crippen LogP) is 2.78. The number of aromatic nitrogens is 2. The maximum absolute atomic E-state index is 5.74. The van der Waals surface area contributed by atoms with E-state index in [0.29, 0.717) is 11.6 Å². The van der Waals surface area contributed by atoms with Crippen molar-refractivity contribution in [2.75, 3.05) is 12.4 Å². The zero-order valence-corrected chi connectivity index (χ0v) is 9.66. The Morgan fingerprint density at radius 3 is 3.00 bits per heavy atom. The lowest BCUT2D eigenvalue weighted by Gasteiger charge is -2.12. The van der Waals surface area contributed by atoms with Crippen LogP contribution in [0.25, 0.3) is 0 Å². The minimum atomic E-state index is 0.198. The Morgan fingerprint density at radius 1 is 1.44 bits per heavy atom. The summed E-state index contributed by atoms with van der Waals surface area (Å²) < 4.78 is 5.14. The van der Waals surface area contributed by atoms with E-state index in [9.17, 15) is 0 Å². The second kappa shape index (κ2) is 4.99. The van der Waals surface area contributed by atoms with E-state index in [-0.39, 0.29) is 5.28 Å². The molecule has 4 nitrogen and oxygen atoms in total. The van der Waals surface area contributed by atoms with Gasteiger partial charge in [0.15, 0.2) is 11.6 Å². The summed E-state index contributed by atoms with van der Waals surface area (Å²) in [6.45, 7) is 0. The average molecular weight is 238 g/mol. The highest BCUT2D eigenvalue weighted by atomic mass is 35.5. The van der Waals surface area contributed by atoms with Crippen molar-refractivity contribution in [3.05, 3.63) is 35.4 Å². The Morgan fingerprint density at radius 2 is 2.31 bits per heavy atom. The Bertz CT molecular complexity index is 443. The van der Waals surface area contributed by atoms with Crippen LogP contribution in [0.4, 0.5) is 5.82 Å². The molecule has 5 heteroatoms. The maximum atomic E-state index is 5.74. The molecular weight excluding hydrogens is 226 g/mol. The van der Waals surface area contributed by atoms with Gasteiger partial charge in [-0.05, 0) is 30.5 Å². The zero-order chi connectivity index (χ0) is 11.4. The fourth-order valence-corrected chi connectivity index (χ4v) is 1.56. The van der Waals surface area contributed by atoms with Gasteiger partial charge in [-0.25, -0.2) is 4.98 Å². The maximum Gasteiger partial charge on any atom is 0.224 e. The number of ether oxygens (including phenoxy) is 1. The third-order valence-electron chi connectivity index (χ3n) is 2.20. The first-order chi connectivity index (χ1) is 7.79. The van der Waals surface area contributed by atoms with Crippen LogP contribution in [-0.2, 0) is 0 Å². The number of nitrogens with one attached hydrogen (secondary N) is 1. The van der Waals surface area contributed by atoms with Crippen molar-refractivity contribution in [3.63, 3.8) is 0 Å². The molecule has 0 amide bonds. The summed E-state index contributed by atoms with van der Waals surface area (Å²) in [5.41, 5.74) is 0.999. The van der Waals surface area contributed by atoms with Gasteiger partial charge in [-0.1, -0.05) is 12.2 Å². The van der Waals surface area contributed by atoms with Crippen LogP contribution in [-0.4, -0.2) is 17.1 Å². The number of nitrogens with zero attached hydrogens (tertiary/aromatic N) is 2. The Labute approximate surface area is 99.0 Å². The monoisotopic (exact) mass is 237 g/mol. The van der Waals surface area contributed by atoms with E-state index in [1.54, 1.807) is 13.3 Å². The third kappa shape index (κ3) is 2.52. The number of allylic oxidation sites excluding steroid dienone is 3. The predicted molar refractivity (Wildman–Crippen MR) is 63.7 cm³/mol. The molecular formula is C11H12ClN3O. The van der Waals surface area contributed by atoms with E-state index < -0.39 is 0 Å². The normalized spacial score (nSPS) is 14.5. The van der Waals surface area contributed by atoms with Crippen molar-refractivity contribution in [2.45, 2.75) is 12.8 Å². The second-order valence-electron chi connectivity index (χ2n) is 3.32. The Balaban J connectivity index is 2.22. The fourth-order valence-electron chi connectivity index (χ4n) is 1.43. The first-order valence-electron chi connectivity index (χ1n) is 5.00. The molecule has 1 aliphatic rings. The van der Waals surface area contributed by atoms with Gasteiger partial charge in [0.05, 0.1) is 13.3 Å². The first kappa shape index (κ1) is 11.0. The average Bonchev–Trinajstić information content (AvgIpc) is 2.31. The van der Waals surface area contributed by atoms with E-state index in [4.69, 9.17) is 16.3 Å². The van der Waals surface area contributed by atoms with Gasteiger partial charge < -0.3 is 10.1 Å². The molecule has 1 aliphatic carbocycles. The van der Waals surface area contributed by atoms with E-state index >= 15 is 0 Å². The summed E-state index contributed by atoms with van der Waals surface area (Å²) in [7, 11) is 1.57. The van der Waals surface area contributed by atoms with Gasteiger partial charge in [-0.2, -0.15) is 4.98 Å². The minimum absolute atomic E-state index is 0.198. The van der Waals surface area contributed by atoms with Crippen LogP contribution < -0.4 is 10.1 Å². The van der Waals surface area contributed by atoms with Crippen molar-refractivity contribution in [3.8, 4) is 5.75 Å². The van der Waals surface area contributed by atoms with Gasteiger partial charge in [0.25, 0.3) is 0 Å². The van der Waals surface area contributed by atoms with Crippen LogP contribution in [0.15, 0.2) is 30.1 Å². The summed E-state index contributed by atoms with van der Waals surface area (Å²) in [4.78, 5) is 7.94. The second-order valence-corrected chi connectivity index (χ2v) is 3.66. The molecule has 1 aromatic heterocycles. The highest BCUT2D eigenvalue weighted by molar-refractivity contribution is 6.28. The quantitative estimate of drug-likeness (QED) is 0.822. The van der Waals surface area contributed by atoms with Crippen LogP contribution in [0.5, 0.6) is 5.75 Å². The molecule has 0 spiro atoms. The van der Waals surface area contributed by atoms with Gasteiger partial charge in [-0.3, -0.25) is 0 Å². The summed E-state index contributed by atoms with van der Waals surface area (Å²) in [5.74, 6) is 1.16. The van der Waals surface area contributed by atoms with Crippen LogP contribution in [0.3, 0.4) is 0 Å². The first-order valence-corrected chi connectivity index (χ1v) is 5.37. The van der Waals surface area contributed by atoms with Gasteiger partial charge in [-0.15, -0.1) is 0 Å². The van der Waals surface area contributed by atoms with Crippen LogP contribution in [0.2, 0.25) is 5.28 Å². The van der Waals surface area contributed by atoms with Gasteiger partial charge in [0.1, 0.15) is 0 Å².